The molecule has 0 radical (unpaired) electrons. The van der Waals surface area contributed by atoms with E-state index in [4.69, 9.17) is 9.47 Å². The van der Waals surface area contributed by atoms with Crippen LogP contribution in [0.15, 0.2) is 18.2 Å². The van der Waals surface area contributed by atoms with E-state index >= 15 is 0 Å². The zero-order valence-corrected chi connectivity index (χ0v) is 12.9. The number of aryl methyl sites for hydroxylation is 1. The molecule has 0 bridgehead atoms. The summed E-state index contributed by atoms with van der Waals surface area (Å²) in [6.07, 6.45) is 4.75. The predicted octanol–water partition coefficient (Wildman–Crippen LogP) is 3.76. The second-order valence-corrected chi connectivity index (χ2v) is 5.72. The first-order valence-corrected chi connectivity index (χ1v) is 7.84. The number of benzene rings is 1. The maximum atomic E-state index is 5.42. The highest BCUT2D eigenvalue weighted by molar-refractivity contribution is 5.44. The Bertz CT molecular complexity index is 415. The van der Waals surface area contributed by atoms with Crippen LogP contribution in [0.3, 0.4) is 0 Å². The van der Waals surface area contributed by atoms with Crippen LogP contribution < -0.4 is 14.8 Å². The van der Waals surface area contributed by atoms with E-state index in [1.807, 2.05) is 6.07 Å². The first-order valence-electron chi connectivity index (χ1n) is 7.84. The van der Waals surface area contributed by atoms with Crippen molar-refractivity contribution in [3.8, 4) is 11.5 Å². The Morgan fingerprint density at radius 1 is 1.15 bits per heavy atom. The summed E-state index contributed by atoms with van der Waals surface area (Å²) in [5, 5.41) is 3.65. The van der Waals surface area contributed by atoms with Crippen LogP contribution in [0.2, 0.25) is 0 Å². The summed E-state index contributed by atoms with van der Waals surface area (Å²) in [4.78, 5) is 0. The molecule has 1 heterocycles. The van der Waals surface area contributed by atoms with E-state index in [0.29, 0.717) is 12.8 Å². The van der Waals surface area contributed by atoms with E-state index < -0.39 is 0 Å². The molecule has 0 aromatic heterocycles. The van der Waals surface area contributed by atoms with Gasteiger partial charge in [0.05, 0.1) is 0 Å². The lowest BCUT2D eigenvalue weighted by Crippen LogP contribution is -2.31. The minimum atomic E-state index is 0.353. The molecule has 112 valence electrons. The highest BCUT2D eigenvalue weighted by Crippen LogP contribution is 2.32. The Balaban J connectivity index is 1.74. The van der Waals surface area contributed by atoms with Crippen LogP contribution in [0, 0.1) is 5.92 Å². The van der Waals surface area contributed by atoms with E-state index in [0.717, 1.165) is 36.8 Å². The average molecular weight is 277 g/mol. The number of fused-ring (bicyclic) bond motifs is 1. The Morgan fingerprint density at radius 3 is 2.65 bits per heavy atom. The molecule has 2 rings (SSSR count). The van der Waals surface area contributed by atoms with Gasteiger partial charge in [-0.2, -0.15) is 0 Å². The molecule has 3 nitrogen and oxygen atoms in total. The van der Waals surface area contributed by atoms with Gasteiger partial charge in [0, 0.05) is 6.04 Å². The molecule has 1 aromatic carbocycles. The molecule has 0 saturated carbocycles. The van der Waals surface area contributed by atoms with Gasteiger partial charge in [-0.1, -0.05) is 32.8 Å². The lowest BCUT2D eigenvalue weighted by atomic mass is 10.0. The molecule has 1 unspecified atom stereocenters. The summed E-state index contributed by atoms with van der Waals surface area (Å²) in [6.45, 7) is 8.30. The Kier molecular flexibility index (Phi) is 5.72. The van der Waals surface area contributed by atoms with Crippen molar-refractivity contribution in [3.63, 3.8) is 0 Å². The summed E-state index contributed by atoms with van der Waals surface area (Å²) in [6, 6.07) is 6.82. The second kappa shape index (κ2) is 7.53. The largest absolute Gasteiger partial charge is 0.454 e. The second-order valence-electron chi connectivity index (χ2n) is 5.72. The number of nitrogens with one attached hydrogen (secondary N) is 1. The molecule has 0 spiro atoms. The van der Waals surface area contributed by atoms with E-state index in [9.17, 15) is 0 Å². The minimum absolute atomic E-state index is 0.353. The van der Waals surface area contributed by atoms with E-state index in [1.165, 1.54) is 18.4 Å². The molecule has 20 heavy (non-hydrogen) atoms. The van der Waals surface area contributed by atoms with Gasteiger partial charge in [0.1, 0.15) is 0 Å². The standard InChI is InChI=1S/C17H27NO2/c1-4-14(5-2)11-18-13(3)6-7-15-8-9-16-17(10-15)20-12-19-16/h8-10,13-14,18H,4-7,11-12H2,1-3H3. The third kappa shape index (κ3) is 4.14. The lowest BCUT2D eigenvalue weighted by Gasteiger charge is -2.18. The van der Waals surface area contributed by atoms with Crippen molar-refractivity contribution in [3.05, 3.63) is 23.8 Å². The van der Waals surface area contributed by atoms with Crippen LogP contribution in [-0.2, 0) is 6.42 Å². The number of rotatable bonds is 8. The molecule has 1 aromatic rings. The van der Waals surface area contributed by atoms with Gasteiger partial charge in [-0.3, -0.25) is 0 Å². The minimum Gasteiger partial charge on any atom is -0.454 e. The molecule has 1 atom stereocenters. The molecule has 1 aliphatic heterocycles. The van der Waals surface area contributed by atoms with Gasteiger partial charge in [0.25, 0.3) is 0 Å². The van der Waals surface area contributed by atoms with Crippen molar-refractivity contribution in [1.82, 2.24) is 5.32 Å². The molecule has 0 fully saturated rings. The molecule has 0 amide bonds. The third-order valence-electron chi connectivity index (χ3n) is 4.21. The van der Waals surface area contributed by atoms with Crippen LogP contribution in [0.25, 0.3) is 0 Å². The Hall–Kier alpha value is -1.22. The van der Waals surface area contributed by atoms with Crippen LogP contribution in [0.5, 0.6) is 11.5 Å². The van der Waals surface area contributed by atoms with Gasteiger partial charge < -0.3 is 14.8 Å². The summed E-state index contributed by atoms with van der Waals surface area (Å²) in [7, 11) is 0. The molecule has 1 aliphatic rings. The molecular formula is C17H27NO2. The fraction of sp³-hybridized carbons (Fsp3) is 0.647. The van der Waals surface area contributed by atoms with Gasteiger partial charge in [-0.25, -0.2) is 0 Å². The topological polar surface area (TPSA) is 30.5 Å². The normalized spacial score (nSPS) is 14.8. The van der Waals surface area contributed by atoms with Crippen LogP contribution in [0.4, 0.5) is 0 Å². The zero-order chi connectivity index (χ0) is 14.4. The fourth-order valence-corrected chi connectivity index (χ4v) is 2.53. The van der Waals surface area contributed by atoms with Gasteiger partial charge in [0.15, 0.2) is 11.5 Å². The molecule has 3 heteroatoms. The average Bonchev–Trinajstić information content (AvgIpc) is 2.93. The van der Waals surface area contributed by atoms with Crippen LogP contribution >= 0.6 is 0 Å². The van der Waals surface area contributed by atoms with Crippen molar-refractivity contribution < 1.29 is 9.47 Å². The highest BCUT2D eigenvalue weighted by Gasteiger charge is 2.13. The summed E-state index contributed by atoms with van der Waals surface area (Å²) < 4.78 is 10.8. The lowest BCUT2D eigenvalue weighted by molar-refractivity contribution is 0.174. The quantitative estimate of drug-likeness (QED) is 0.784. The van der Waals surface area contributed by atoms with E-state index in [1.54, 1.807) is 0 Å². The van der Waals surface area contributed by atoms with Crippen molar-refractivity contribution in [2.45, 2.75) is 52.5 Å². The highest BCUT2D eigenvalue weighted by atomic mass is 16.7. The van der Waals surface area contributed by atoms with Crippen molar-refractivity contribution in [2.24, 2.45) is 5.92 Å². The fourth-order valence-electron chi connectivity index (χ4n) is 2.53. The van der Waals surface area contributed by atoms with Gasteiger partial charge in [0.2, 0.25) is 6.79 Å². The SMILES string of the molecule is CCC(CC)CNC(C)CCc1ccc2c(c1)OCO2. The van der Waals surface area contributed by atoms with Crippen molar-refractivity contribution >= 4 is 0 Å². The molecule has 0 saturated heterocycles. The summed E-state index contributed by atoms with van der Waals surface area (Å²) in [5.41, 5.74) is 1.32. The number of hydrogen-bond donors (Lipinski definition) is 1. The third-order valence-corrected chi connectivity index (χ3v) is 4.21. The summed E-state index contributed by atoms with van der Waals surface area (Å²) in [5.74, 6) is 2.57. The predicted molar refractivity (Wildman–Crippen MR) is 82.4 cm³/mol. The van der Waals surface area contributed by atoms with Gasteiger partial charge >= 0.3 is 0 Å². The van der Waals surface area contributed by atoms with Gasteiger partial charge in [-0.05, 0) is 49.9 Å². The Labute approximate surface area is 122 Å². The smallest absolute Gasteiger partial charge is 0.231 e. The molecule has 0 aliphatic carbocycles. The van der Waals surface area contributed by atoms with E-state index in [-0.39, 0.29) is 0 Å². The van der Waals surface area contributed by atoms with Crippen LogP contribution in [-0.4, -0.2) is 19.4 Å². The first kappa shape index (κ1) is 15.2. The Morgan fingerprint density at radius 2 is 1.90 bits per heavy atom. The maximum Gasteiger partial charge on any atom is 0.231 e. The summed E-state index contributed by atoms with van der Waals surface area (Å²) >= 11 is 0. The number of hydrogen-bond acceptors (Lipinski definition) is 3. The van der Waals surface area contributed by atoms with Gasteiger partial charge in [-0.15, -0.1) is 0 Å². The van der Waals surface area contributed by atoms with E-state index in [2.05, 4.69) is 38.2 Å². The molecular weight excluding hydrogens is 250 g/mol. The van der Waals surface area contributed by atoms with Crippen molar-refractivity contribution in [2.75, 3.05) is 13.3 Å². The molecule has 1 N–H and O–H groups in total. The maximum absolute atomic E-state index is 5.42. The van der Waals surface area contributed by atoms with Crippen LogP contribution in [0.1, 0.15) is 45.6 Å². The zero-order valence-electron chi connectivity index (χ0n) is 12.9. The monoisotopic (exact) mass is 277 g/mol. The first-order chi connectivity index (χ1) is 9.72. The van der Waals surface area contributed by atoms with Crippen molar-refractivity contribution in [1.29, 1.82) is 0 Å². The number of ether oxygens (including phenoxy) is 2.